The third-order valence-electron chi connectivity index (χ3n) is 4.79. The van der Waals surface area contributed by atoms with E-state index in [4.69, 9.17) is 0 Å². The lowest BCUT2D eigenvalue weighted by atomic mass is 9.84. The summed E-state index contributed by atoms with van der Waals surface area (Å²) in [5, 5.41) is 0. The van der Waals surface area contributed by atoms with Crippen LogP contribution in [-0.4, -0.2) is 0 Å². The van der Waals surface area contributed by atoms with Gasteiger partial charge in [-0.15, -0.1) is 0 Å². The summed E-state index contributed by atoms with van der Waals surface area (Å²) in [6.07, 6.45) is 0. The van der Waals surface area contributed by atoms with Crippen molar-refractivity contribution in [3.63, 3.8) is 0 Å². The number of rotatable bonds is 7. The van der Waals surface area contributed by atoms with Crippen molar-refractivity contribution in [2.45, 2.75) is 10.5 Å². The molecule has 0 amide bonds. The van der Waals surface area contributed by atoms with E-state index in [1.54, 1.807) is 0 Å². The molecule has 0 unspecified atom stereocenters. The molecule has 0 saturated carbocycles. The first kappa shape index (κ1) is 18.9. The molecule has 4 rings (SSSR count). The van der Waals surface area contributed by atoms with Crippen LogP contribution in [0.15, 0.2) is 121 Å². The zero-order valence-corrected chi connectivity index (χ0v) is 17.2. The van der Waals surface area contributed by atoms with Gasteiger partial charge in [-0.25, -0.2) is 0 Å². The highest BCUT2D eigenvalue weighted by Gasteiger charge is 2.37. The molecular weight excluding hydrogens is 376 g/mol. The van der Waals surface area contributed by atoms with Gasteiger partial charge in [-0.05, 0) is 22.3 Å². The van der Waals surface area contributed by atoms with E-state index in [9.17, 15) is 0 Å². The Hall–Kier alpha value is -2.42. The Morgan fingerprint density at radius 3 is 1.21 bits per heavy atom. The second kappa shape index (κ2) is 9.18. The smallest absolute Gasteiger partial charge is 0.0877 e. The van der Waals surface area contributed by atoms with Crippen molar-refractivity contribution in [3.8, 4) is 0 Å². The molecule has 28 heavy (non-hydrogen) atoms. The molecule has 0 aromatic heterocycles. The highest BCUT2D eigenvalue weighted by Crippen LogP contribution is 2.53. The second-order valence-electron chi connectivity index (χ2n) is 6.61. The Bertz CT molecular complexity index is 871. The predicted octanol–water partition coefficient (Wildman–Crippen LogP) is 7.56. The van der Waals surface area contributed by atoms with E-state index in [0.717, 1.165) is 5.75 Å². The molecule has 0 radical (unpaired) electrons. The van der Waals surface area contributed by atoms with Crippen LogP contribution in [0.3, 0.4) is 0 Å². The maximum Gasteiger partial charge on any atom is 0.101 e. The van der Waals surface area contributed by atoms with Gasteiger partial charge in [0, 0.05) is 5.75 Å². The van der Waals surface area contributed by atoms with E-state index >= 15 is 0 Å². The first-order chi connectivity index (χ1) is 13.9. The van der Waals surface area contributed by atoms with Gasteiger partial charge in [0.1, 0.15) is 4.75 Å². The molecule has 0 aliphatic carbocycles. The van der Waals surface area contributed by atoms with Crippen molar-refractivity contribution < 1.29 is 0 Å². The van der Waals surface area contributed by atoms with Crippen molar-refractivity contribution in [2.24, 2.45) is 0 Å². The summed E-state index contributed by atoms with van der Waals surface area (Å²) < 4.78 is -0.261. The summed E-state index contributed by atoms with van der Waals surface area (Å²) in [6.45, 7) is 0. The van der Waals surface area contributed by atoms with E-state index in [2.05, 4.69) is 121 Å². The lowest BCUT2D eigenvalue weighted by Crippen LogP contribution is -2.24. The zero-order valence-electron chi connectivity index (χ0n) is 15.6. The fourth-order valence-electron chi connectivity index (χ4n) is 3.42. The molecule has 138 valence electrons. The normalized spacial score (nSPS) is 11.3. The highest BCUT2D eigenvalue weighted by atomic mass is 33.1. The predicted molar refractivity (Wildman–Crippen MR) is 125 cm³/mol. The Labute approximate surface area is 175 Å². The van der Waals surface area contributed by atoms with Gasteiger partial charge in [0.15, 0.2) is 0 Å². The van der Waals surface area contributed by atoms with E-state index in [1.807, 2.05) is 21.6 Å². The Kier molecular flexibility index (Phi) is 6.20. The third kappa shape index (κ3) is 4.04. The van der Waals surface area contributed by atoms with Crippen molar-refractivity contribution in [1.29, 1.82) is 0 Å². The maximum absolute atomic E-state index is 2.25. The SMILES string of the molecule is c1ccc(CSSC(c2ccccc2)(c2ccccc2)c2ccccc2)cc1. The number of hydrogen-bond acceptors (Lipinski definition) is 2. The summed E-state index contributed by atoms with van der Waals surface area (Å²) in [4.78, 5) is 0. The van der Waals surface area contributed by atoms with E-state index in [1.165, 1.54) is 22.3 Å². The van der Waals surface area contributed by atoms with Crippen molar-refractivity contribution in [1.82, 2.24) is 0 Å². The van der Waals surface area contributed by atoms with Gasteiger partial charge < -0.3 is 0 Å². The average Bonchev–Trinajstić information content (AvgIpc) is 2.79. The zero-order chi connectivity index (χ0) is 19.1. The van der Waals surface area contributed by atoms with Crippen LogP contribution in [0.25, 0.3) is 0 Å². The maximum atomic E-state index is 2.25. The largest absolute Gasteiger partial charge is 0.101 e. The molecule has 0 fully saturated rings. The van der Waals surface area contributed by atoms with Gasteiger partial charge in [0.05, 0.1) is 0 Å². The Balaban J connectivity index is 1.79. The minimum atomic E-state index is -0.261. The fraction of sp³-hybridized carbons (Fsp3) is 0.0769. The minimum absolute atomic E-state index is 0.261. The van der Waals surface area contributed by atoms with Gasteiger partial charge in [0.2, 0.25) is 0 Å². The molecule has 4 aromatic carbocycles. The lowest BCUT2D eigenvalue weighted by Gasteiger charge is -2.34. The monoisotopic (exact) mass is 398 g/mol. The van der Waals surface area contributed by atoms with Gasteiger partial charge in [0.25, 0.3) is 0 Å². The molecule has 0 atom stereocenters. The topological polar surface area (TPSA) is 0 Å². The van der Waals surface area contributed by atoms with Crippen LogP contribution >= 0.6 is 21.6 Å². The second-order valence-corrected chi connectivity index (χ2v) is 9.12. The molecule has 4 aromatic rings. The molecule has 0 aliphatic rings. The molecule has 0 N–H and O–H groups in total. The average molecular weight is 399 g/mol. The van der Waals surface area contributed by atoms with Crippen molar-refractivity contribution in [3.05, 3.63) is 144 Å². The lowest BCUT2D eigenvalue weighted by molar-refractivity contribution is 0.903. The number of benzene rings is 4. The molecule has 2 heteroatoms. The van der Waals surface area contributed by atoms with Gasteiger partial charge >= 0.3 is 0 Å². The molecular formula is C26H22S2. The van der Waals surface area contributed by atoms with Crippen LogP contribution in [0.1, 0.15) is 22.3 Å². The van der Waals surface area contributed by atoms with Crippen LogP contribution in [0, 0.1) is 0 Å². The summed E-state index contributed by atoms with van der Waals surface area (Å²) in [6, 6.07) is 43.3. The Morgan fingerprint density at radius 1 is 0.464 bits per heavy atom. The van der Waals surface area contributed by atoms with Crippen LogP contribution in [0.2, 0.25) is 0 Å². The van der Waals surface area contributed by atoms with E-state index < -0.39 is 0 Å². The first-order valence-electron chi connectivity index (χ1n) is 9.41. The molecule has 0 saturated heterocycles. The molecule has 0 nitrogen and oxygen atoms in total. The summed E-state index contributed by atoms with van der Waals surface area (Å²) in [7, 11) is 3.85. The van der Waals surface area contributed by atoms with Crippen LogP contribution < -0.4 is 0 Å². The third-order valence-corrected chi connectivity index (χ3v) is 7.78. The molecule has 0 bridgehead atoms. The van der Waals surface area contributed by atoms with Gasteiger partial charge in [-0.3, -0.25) is 0 Å². The fourth-order valence-corrected chi connectivity index (χ4v) is 6.67. The molecule has 0 heterocycles. The quantitative estimate of drug-likeness (QED) is 0.233. The van der Waals surface area contributed by atoms with Crippen LogP contribution in [0.4, 0.5) is 0 Å². The summed E-state index contributed by atoms with van der Waals surface area (Å²) >= 11 is 0. The summed E-state index contributed by atoms with van der Waals surface area (Å²) in [5.41, 5.74) is 5.26. The summed E-state index contributed by atoms with van der Waals surface area (Å²) in [5.74, 6) is 0.972. The molecule has 0 aliphatic heterocycles. The van der Waals surface area contributed by atoms with Crippen molar-refractivity contribution >= 4 is 21.6 Å². The van der Waals surface area contributed by atoms with E-state index in [0.29, 0.717) is 0 Å². The highest BCUT2D eigenvalue weighted by molar-refractivity contribution is 8.76. The number of hydrogen-bond donors (Lipinski definition) is 0. The molecule has 0 spiro atoms. The standard InChI is InChI=1S/C26H22S2/c1-5-13-22(14-6-1)21-27-28-26(23-15-7-2-8-16-23,24-17-9-3-10-18-24)25-19-11-4-12-20-25/h1-20H,21H2. The minimum Gasteiger partial charge on any atom is -0.0877 e. The van der Waals surface area contributed by atoms with Crippen LogP contribution in [0.5, 0.6) is 0 Å². The Morgan fingerprint density at radius 2 is 0.821 bits per heavy atom. The van der Waals surface area contributed by atoms with Gasteiger partial charge in [-0.1, -0.05) is 143 Å². The first-order valence-corrected chi connectivity index (χ1v) is 11.7. The van der Waals surface area contributed by atoms with Crippen molar-refractivity contribution in [2.75, 3.05) is 0 Å². The van der Waals surface area contributed by atoms with Crippen LogP contribution in [-0.2, 0) is 10.5 Å². The van der Waals surface area contributed by atoms with Gasteiger partial charge in [-0.2, -0.15) is 0 Å². The van der Waals surface area contributed by atoms with E-state index in [-0.39, 0.29) is 4.75 Å².